The van der Waals surface area contributed by atoms with Crippen molar-refractivity contribution in [1.29, 1.82) is 0 Å². The second-order valence-electron chi connectivity index (χ2n) is 3.59. The molecule has 0 aromatic heterocycles. The third kappa shape index (κ3) is 3.21. The molecule has 0 aliphatic heterocycles. The number of nitrogens with zero attached hydrogens (tertiary/aromatic N) is 1. The first-order valence-electron chi connectivity index (χ1n) is 5.72. The minimum absolute atomic E-state index is 0.989. The molecule has 0 fully saturated rings. The molecule has 1 nitrogen and oxygen atoms in total. The van der Waals surface area contributed by atoms with Gasteiger partial charge in [-0.15, -0.1) is 0 Å². The standard InChI is InChI=1S/C15H15NS/c1-2-17-16-15(13-9-5-3-6-10-13)14-11-7-4-8-12-14/h3-12H,2H2,1H3. The Balaban J connectivity index is 2.40. The summed E-state index contributed by atoms with van der Waals surface area (Å²) in [7, 11) is 0. The quantitative estimate of drug-likeness (QED) is 0.577. The van der Waals surface area contributed by atoms with Crippen LogP contribution in [0.3, 0.4) is 0 Å². The Hall–Kier alpha value is -1.54. The van der Waals surface area contributed by atoms with E-state index in [0.29, 0.717) is 0 Å². The van der Waals surface area contributed by atoms with Gasteiger partial charge in [-0.05, 0) is 11.9 Å². The van der Waals surface area contributed by atoms with Crippen LogP contribution in [0.15, 0.2) is 65.1 Å². The van der Waals surface area contributed by atoms with Crippen molar-refractivity contribution in [2.75, 3.05) is 5.75 Å². The van der Waals surface area contributed by atoms with Gasteiger partial charge in [0, 0.05) is 16.9 Å². The van der Waals surface area contributed by atoms with Crippen molar-refractivity contribution in [2.24, 2.45) is 4.40 Å². The van der Waals surface area contributed by atoms with Gasteiger partial charge in [-0.2, -0.15) is 0 Å². The van der Waals surface area contributed by atoms with E-state index in [1.54, 1.807) is 11.9 Å². The lowest BCUT2D eigenvalue weighted by atomic mass is 10.0. The summed E-state index contributed by atoms with van der Waals surface area (Å²) in [5.41, 5.74) is 3.39. The molecule has 0 N–H and O–H groups in total. The van der Waals surface area contributed by atoms with Gasteiger partial charge in [-0.1, -0.05) is 67.6 Å². The SMILES string of the molecule is CCSN=C(c1ccccc1)c1ccccc1. The lowest BCUT2D eigenvalue weighted by molar-refractivity contribution is 1.51. The smallest absolute Gasteiger partial charge is 0.0857 e. The molecule has 0 aliphatic carbocycles. The highest BCUT2D eigenvalue weighted by Crippen LogP contribution is 2.14. The summed E-state index contributed by atoms with van der Waals surface area (Å²) in [5.74, 6) is 0.989. The van der Waals surface area contributed by atoms with E-state index in [-0.39, 0.29) is 0 Å². The van der Waals surface area contributed by atoms with Crippen LogP contribution in [0.1, 0.15) is 18.1 Å². The van der Waals surface area contributed by atoms with Gasteiger partial charge in [0.2, 0.25) is 0 Å². The maximum Gasteiger partial charge on any atom is 0.0857 e. The molecular weight excluding hydrogens is 226 g/mol. The predicted molar refractivity (Wildman–Crippen MR) is 76.7 cm³/mol. The molecule has 2 rings (SSSR count). The molecule has 0 saturated carbocycles. The second-order valence-corrected chi connectivity index (χ2v) is 4.61. The van der Waals surface area contributed by atoms with Crippen molar-refractivity contribution in [1.82, 2.24) is 0 Å². The van der Waals surface area contributed by atoms with E-state index in [9.17, 15) is 0 Å². The molecule has 0 radical (unpaired) electrons. The molecule has 2 aromatic carbocycles. The van der Waals surface area contributed by atoms with Crippen LogP contribution in [-0.4, -0.2) is 11.5 Å². The topological polar surface area (TPSA) is 12.4 Å². The fourth-order valence-corrected chi connectivity index (χ4v) is 2.06. The molecule has 0 saturated heterocycles. The monoisotopic (exact) mass is 241 g/mol. The van der Waals surface area contributed by atoms with Crippen LogP contribution in [0.2, 0.25) is 0 Å². The van der Waals surface area contributed by atoms with Crippen molar-refractivity contribution in [3.05, 3.63) is 71.8 Å². The maximum absolute atomic E-state index is 4.62. The molecule has 0 heterocycles. The Labute approximate surface area is 107 Å². The summed E-state index contributed by atoms with van der Waals surface area (Å²) in [6.45, 7) is 2.11. The zero-order valence-corrected chi connectivity index (χ0v) is 10.7. The summed E-state index contributed by atoms with van der Waals surface area (Å²) < 4.78 is 4.62. The fourth-order valence-electron chi connectivity index (χ4n) is 1.59. The Morgan fingerprint density at radius 3 is 1.76 bits per heavy atom. The lowest BCUT2D eigenvalue weighted by Gasteiger charge is -2.06. The molecule has 0 aliphatic rings. The largest absolute Gasteiger partial charge is 0.216 e. The Morgan fingerprint density at radius 1 is 0.882 bits per heavy atom. The van der Waals surface area contributed by atoms with E-state index in [0.717, 1.165) is 11.5 Å². The number of hydrogen-bond acceptors (Lipinski definition) is 2. The van der Waals surface area contributed by atoms with Gasteiger partial charge in [0.1, 0.15) is 0 Å². The third-order valence-corrected chi connectivity index (χ3v) is 2.95. The summed E-state index contributed by atoms with van der Waals surface area (Å²) in [4.78, 5) is 0. The van der Waals surface area contributed by atoms with Crippen LogP contribution in [0.4, 0.5) is 0 Å². The molecule has 86 valence electrons. The van der Waals surface area contributed by atoms with Crippen LogP contribution in [-0.2, 0) is 0 Å². The van der Waals surface area contributed by atoms with Crippen LogP contribution in [0, 0.1) is 0 Å². The highest BCUT2D eigenvalue weighted by Gasteiger charge is 2.05. The maximum atomic E-state index is 4.62. The Bertz CT molecular complexity index is 435. The van der Waals surface area contributed by atoms with Gasteiger partial charge in [-0.25, -0.2) is 4.40 Å². The Morgan fingerprint density at radius 2 is 1.35 bits per heavy atom. The highest BCUT2D eigenvalue weighted by atomic mass is 32.2. The molecule has 2 heteroatoms. The van der Waals surface area contributed by atoms with Crippen molar-refractivity contribution < 1.29 is 0 Å². The minimum Gasteiger partial charge on any atom is -0.216 e. The van der Waals surface area contributed by atoms with Crippen LogP contribution in [0.25, 0.3) is 0 Å². The van der Waals surface area contributed by atoms with Crippen LogP contribution < -0.4 is 0 Å². The van der Waals surface area contributed by atoms with Gasteiger partial charge in [0.05, 0.1) is 5.71 Å². The van der Waals surface area contributed by atoms with E-state index >= 15 is 0 Å². The van der Waals surface area contributed by atoms with Crippen molar-refractivity contribution in [2.45, 2.75) is 6.92 Å². The van der Waals surface area contributed by atoms with E-state index in [2.05, 4.69) is 35.6 Å². The predicted octanol–water partition coefficient (Wildman–Crippen LogP) is 4.19. The zero-order valence-electron chi connectivity index (χ0n) is 9.84. The van der Waals surface area contributed by atoms with Crippen molar-refractivity contribution >= 4 is 17.7 Å². The molecule has 0 atom stereocenters. The molecule has 0 spiro atoms. The highest BCUT2D eigenvalue weighted by molar-refractivity contribution is 7.98. The Kier molecular flexibility index (Phi) is 4.39. The van der Waals surface area contributed by atoms with E-state index in [4.69, 9.17) is 0 Å². The van der Waals surface area contributed by atoms with Crippen LogP contribution >= 0.6 is 11.9 Å². The second kappa shape index (κ2) is 6.26. The molecule has 0 bridgehead atoms. The average molecular weight is 241 g/mol. The van der Waals surface area contributed by atoms with Gasteiger partial charge in [-0.3, -0.25) is 0 Å². The number of benzene rings is 2. The van der Waals surface area contributed by atoms with Gasteiger partial charge >= 0.3 is 0 Å². The molecule has 0 unspecified atom stereocenters. The van der Waals surface area contributed by atoms with Gasteiger partial charge < -0.3 is 0 Å². The lowest BCUT2D eigenvalue weighted by Crippen LogP contribution is -2.01. The first-order valence-corrected chi connectivity index (χ1v) is 6.67. The number of rotatable bonds is 4. The summed E-state index contributed by atoms with van der Waals surface area (Å²) >= 11 is 1.59. The first-order chi connectivity index (χ1) is 8.42. The normalized spacial score (nSPS) is 9.94. The zero-order chi connectivity index (χ0) is 11.9. The molecular formula is C15H15NS. The van der Waals surface area contributed by atoms with Gasteiger partial charge in [0.25, 0.3) is 0 Å². The van der Waals surface area contributed by atoms with Crippen molar-refractivity contribution in [3.8, 4) is 0 Å². The third-order valence-electron chi connectivity index (χ3n) is 2.38. The van der Waals surface area contributed by atoms with E-state index in [1.807, 2.05) is 36.4 Å². The molecule has 0 amide bonds. The molecule has 2 aromatic rings. The number of hydrogen-bond donors (Lipinski definition) is 0. The van der Waals surface area contributed by atoms with Crippen LogP contribution in [0.5, 0.6) is 0 Å². The summed E-state index contributed by atoms with van der Waals surface area (Å²) in [6, 6.07) is 20.6. The van der Waals surface area contributed by atoms with E-state index in [1.165, 1.54) is 11.1 Å². The van der Waals surface area contributed by atoms with E-state index < -0.39 is 0 Å². The minimum atomic E-state index is 0.989. The fraction of sp³-hybridized carbons (Fsp3) is 0.133. The summed E-state index contributed by atoms with van der Waals surface area (Å²) in [5, 5.41) is 0. The average Bonchev–Trinajstić information content (AvgIpc) is 2.42. The summed E-state index contributed by atoms with van der Waals surface area (Å²) in [6.07, 6.45) is 0. The van der Waals surface area contributed by atoms with Gasteiger partial charge in [0.15, 0.2) is 0 Å². The first kappa shape index (κ1) is 11.9. The molecule has 17 heavy (non-hydrogen) atoms. The van der Waals surface area contributed by atoms with Crippen molar-refractivity contribution in [3.63, 3.8) is 0 Å².